The highest BCUT2D eigenvalue weighted by atomic mass is 16.5. The van der Waals surface area contributed by atoms with Gasteiger partial charge >= 0.3 is 0 Å². The number of ether oxygens (including phenoxy) is 1. The van der Waals surface area contributed by atoms with E-state index in [1.165, 1.54) is 0 Å². The van der Waals surface area contributed by atoms with Crippen LogP contribution in [0.1, 0.15) is 30.3 Å². The van der Waals surface area contributed by atoms with Gasteiger partial charge in [0.1, 0.15) is 12.4 Å². The molecule has 2 aliphatic rings. The van der Waals surface area contributed by atoms with Gasteiger partial charge in [0.05, 0.1) is 6.04 Å². The number of rotatable bonds is 6. The Balaban J connectivity index is 1.49. The van der Waals surface area contributed by atoms with Crippen LogP contribution in [0.3, 0.4) is 0 Å². The van der Waals surface area contributed by atoms with E-state index in [1.807, 2.05) is 52.9 Å². The van der Waals surface area contributed by atoms with E-state index in [0.29, 0.717) is 13.1 Å². The quantitative estimate of drug-likeness (QED) is 0.837. The molecule has 2 aromatic rings. The van der Waals surface area contributed by atoms with E-state index in [9.17, 15) is 9.59 Å². The monoisotopic (exact) mass is 368 g/mol. The van der Waals surface area contributed by atoms with E-state index in [2.05, 4.69) is 10.3 Å². The number of hydrogen-bond donors (Lipinski definition) is 1. The average Bonchev–Trinajstić information content (AvgIpc) is 3.44. The van der Waals surface area contributed by atoms with E-state index >= 15 is 0 Å². The molecular weight excluding hydrogens is 344 g/mol. The molecule has 7 heteroatoms. The Morgan fingerprint density at radius 3 is 2.74 bits per heavy atom. The van der Waals surface area contributed by atoms with Gasteiger partial charge in [0.2, 0.25) is 5.91 Å². The van der Waals surface area contributed by atoms with Crippen LogP contribution in [0.15, 0.2) is 42.7 Å². The predicted octanol–water partition coefficient (Wildman–Crippen LogP) is 1.44. The Kier molecular flexibility index (Phi) is 4.94. The highest BCUT2D eigenvalue weighted by Crippen LogP contribution is 2.39. The first-order valence-corrected chi connectivity index (χ1v) is 9.38. The van der Waals surface area contributed by atoms with Crippen molar-refractivity contribution in [3.63, 3.8) is 0 Å². The van der Waals surface area contributed by atoms with Crippen molar-refractivity contribution in [2.45, 2.75) is 44.5 Å². The molecule has 0 radical (unpaired) electrons. The molecule has 1 N–H and O–H groups in total. The van der Waals surface area contributed by atoms with Crippen LogP contribution in [-0.4, -0.2) is 51.6 Å². The third kappa shape index (κ3) is 3.73. The zero-order valence-electron chi connectivity index (χ0n) is 15.4. The Morgan fingerprint density at radius 2 is 2.07 bits per heavy atom. The Hall–Kier alpha value is -2.67. The van der Waals surface area contributed by atoms with Crippen molar-refractivity contribution in [3.8, 4) is 0 Å². The van der Waals surface area contributed by atoms with E-state index in [1.54, 1.807) is 6.20 Å². The molecular formula is C20H24N4O3. The molecule has 2 fully saturated rings. The summed E-state index contributed by atoms with van der Waals surface area (Å²) in [7, 11) is 0. The summed E-state index contributed by atoms with van der Waals surface area (Å²) in [5.41, 5.74) is 0.933. The van der Waals surface area contributed by atoms with Crippen LogP contribution in [0.2, 0.25) is 0 Å². The van der Waals surface area contributed by atoms with Gasteiger partial charge in [-0.05, 0) is 25.3 Å². The molecule has 0 unspecified atom stereocenters. The molecule has 2 atom stereocenters. The van der Waals surface area contributed by atoms with Crippen molar-refractivity contribution < 1.29 is 14.3 Å². The molecule has 142 valence electrons. The molecule has 27 heavy (non-hydrogen) atoms. The number of carbonyl (C=O) groups excluding carboxylic acids is 2. The molecule has 2 amide bonds. The summed E-state index contributed by atoms with van der Waals surface area (Å²) in [4.78, 5) is 31.4. The second-order valence-electron chi connectivity index (χ2n) is 7.08. The van der Waals surface area contributed by atoms with Gasteiger partial charge in [-0.15, -0.1) is 0 Å². The van der Waals surface area contributed by atoms with E-state index in [0.717, 1.165) is 24.2 Å². The molecule has 0 spiro atoms. The van der Waals surface area contributed by atoms with Crippen LogP contribution < -0.4 is 5.32 Å². The molecule has 4 rings (SSSR count). The maximum absolute atomic E-state index is 12.9. The highest BCUT2D eigenvalue weighted by Gasteiger charge is 2.47. The lowest BCUT2D eigenvalue weighted by Crippen LogP contribution is -2.55. The SMILES string of the molecule is Cc1nccn1CCNC(=O)[C@@H]1OCC(=O)N(C2CC2)[C@H]1c1ccccc1. The first-order chi connectivity index (χ1) is 13.1. The summed E-state index contributed by atoms with van der Waals surface area (Å²) < 4.78 is 7.70. The first kappa shape index (κ1) is 17.7. The number of morpholine rings is 1. The molecule has 1 aliphatic heterocycles. The largest absolute Gasteiger partial charge is 0.356 e. The number of aromatic nitrogens is 2. The Labute approximate surface area is 158 Å². The molecule has 1 aliphatic carbocycles. The number of carbonyl (C=O) groups is 2. The molecule has 1 aromatic heterocycles. The van der Waals surface area contributed by atoms with Gasteiger partial charge in [0.15, 0.2) is 6.10 Å². The summed E-state index contributed by atoms with van der Waals surface area (Å²) >= 11 is 0. The van der Waals surface area contributed by atoms with Crippen LogP contribution in [0.25, 0.3) is 0 Å². The van der Waals surface area contributed by atoms with Crippen LogP contribution in [-0.2, 0) is 20.9 Å². The van der Waals surface area contributed by atoms with Crippen molar-refractivity contribution in [2.24, 2.45) is 0 Å². The lowest BCUT2D eigenvalue weighted by molar-refractivity contribution is -0.165. The highest BCUT2D eigenvalue weighted by molar-refractivity contribution is 5.86. The molecule has 0 bridgehead atoms. The zero-order valence-corrected chi connectivity index (χ0v) is 15.4. The third-order valence-electron chi connectivity index (χ3n) is 5.18. The minimum absolute atomic E-state index is 0.0376. The van der Waals surface area contributed by atoms with Crippen LogP contribution in [0.4, 0.5) is 0 Å². The lowest BCUT2D eigenvalue weighted by atomic mass is 9.97. The van der Waals surface area contributed by atoms with Gasteiger partial charge in [-0.1, -0.05) is 30.3 Å². The van der Waals surface area contributed by atoms with Crippen LogP contribution >= 0.6 is 0 Å². The number of aryl methyl sites for hydroxylation is 1. The summed E-state index contributed by atoms with van der Waals surface area (Å²) in [6.45, 7) is 3.01. The average molecular weight is 368 g/mol. The van der Waals surface area contributed by atoms with Gasteiger partial charge in [0.25, 0.3) is 5.91 Å². The molecule has 1 saturated carbocycles. The minimum Gasteiger partial charge on any atom is -0.356 e. The number of nitrogens with zero attached hydrogens (tertiary/aromatic N) is 3. The Morgan fingerprint density at radius 1 is 1.30 bits per heavy atom. The van der Waals surface area contributed by atoms with Crippen molar-refractivity contribution in [1.82, 2.24) is 19.8 Å². The smallest absolute Gasteiger partial charge is 0.251 e. The standard InChI is InChI=1S/C20H24N4O3/c1-14-21-9-11-23(14)12-10-22-20(26)19-18(15-5-3-2-4-6-15)24(16-7-8-16)17(25)13-27-19/h2-6,9,11,16,18-19H,7-8,10,12-13H2,1H3,(H,22,26)/t18-,19+/m0/s1. The summed E-state index contributed by atoms with van der Waals surface area (Å²) in [6.07, 6.45) is 4.91. The summed E-state index contributed by atoms with van der Waals surface area (Å²) in [5, 5.41) is 2.96. The Bertz CT molecular complexity index is 816. The number of hydrogen-bond acceptors (Lipinski definition) is 4. The fraction of sp³-hybridized carbons (Fsp3) is 0.450. The second kappa shape index (κ2) is 7.52. The number of nitrogens with one attached hydrogen (secondary N) is 1. The van der Waals surface area contributed by atoms with Crippen LogP contribution in [0, 0.1) is 6.92 Å². The molecule has 7 nitrogen and oxygen atoms in total. The van der Waals surface area contributed by atoms with Crippen molar-refractivity contribution >= 4 is 11.8 Å². The number of benzene rings is 1. The van der Waals surface area contributed by atoms with Gasteiger partial charge < -0.3 is 19.5 Å². The molecule has 1 saturated heterocycles. The number of amides is 2. The van der Waals surface area contributed by atoms with E-state index in [4.69, 9.17) is 4.74 Å². The third-order valence-corrected chi connectivity index (χ3v) is 5.18. The lowest BCUT2D eigenvalue weighted by Gasteiger charge is -2.40. The maximum atomic E-state index is 12.9. The fourth-order valence-electron chi connectivity index (χ4n) is 3.66. The van der Waals surface area contributed by atoms with E-state index < -0.39 is 6.10 Å². The summed E-state index contributed by atoms with van der Waals surface area (Å²) in [6, 6.07) is 9.53. The normalized spacial score (nSPS) is 22.7. The molecule has 1 aromatic carbocycles. The minimum atomic E-state index is -0.699. The zero-order chi connectivity index (χ0) is 18.8. The number of imidazole rings is 1. The van der Waals surface area contributed by atoms with Gasteiger partial charge in [0, 0.05) is 31.5 Å². The predicted molar refractivity (Wildman–Crippen MR) is 98.8 cm³/mol. The topological polar surface area (TPSA) is 76.5 Å². The molecule has 2 heterocycles. The fourth-order valence-corrected chi connectivity index (χ4v) is 3.66. The first-order valence-electron chi connectivity index (χ1n) is 9.38. The summed E-state index contributed by atoms with van der Waals surface area (Å²) in [5.74, 6) is 0.690. The van der Waals surface area contributed by atoms with Gasteiger partial charge in [-0.25, -0.2) is 4.98 Å². The maximum Gasteiger partial charge on any atom is 0.251 e. The van der Waals surface area contributed by atoms with E-state index in [-0.39, 0.29) is 30.5 Å². The van der Waals surface area contributed by atoms with Crippen molar-refractivity contribution in [3.05, 3.63) is 54.1 Å². The second-order valence-corrected chi connectivity index (χ2v) is 7.08. The van der Waals surface area contributed by atoms with Crippen LogP contribution in [0.5, 0.6) is 0 Å². The van der Waals surface area contributed by atoms with Crippen molar-refractivity contribution in [1.29, 1.82) is 0 Å². The van der Waals surface area contributed by atoms with Gasteiger partial charge in [-0.3, -0.25) is 9.59 Å². The van der Waals surface area contributed by atoms with Gasteiger partial charge in [-0.2, -0.15) is 0 Å². The van der Waals surface area contributed by atoms with Crippen molar-refractivity contribution in [2.75, 3.05) is 13.2 Å².